The number of pyridine rings is 1. The zero-order valence-electron chi connectivity index (χ0n) is 10.4. The summed E-state index contributed by atoms with van der Waals surface area (Å²) in [5.41, 5.74) is 1.52. The molecule has 102 valence electrons. The summed E-state index contributed by atoms with van der Waals surface area (Å²) < 4.78 is 5.61. The van der Waals surface area contributed by atoms with Crippen molar-refractivity contribution >= 4 is 23.2 Å². The quantitative estimate of drug-likeness (QED) is 0.885. The molecular formula is C15H11Cl2NO2. The van der Waals surface area contributed by atoms with Crippen LogP contribution in [0.3, 0.4) is 0 Å². The molecule has 1 N–H and O–H groups in total. The van der Waals surface area contributed by atoms with E-state index in [2.05, 4.69) is 16.8 Å². The van der Waals surface area contributed by atoms with Gasteiger partial charge in [-0.2, -0.15) is 0 Å². The lowest BCUT2D eigenvalue weighted by Crippen LogP contribution is -1.97. The average molecular weight is 308 g/mol. The van der Waals surface area contributed by atoms with E-state index in [1.165, 1.54) is 0 Å². The molecule has 0 aliphatic rings. The molecule has 0 bridgehead atoms. The van der Waals surface area contributed by atoms with E-state index in [0.29, 0.717) is 28.0 Å². The maximum absolute atomic E-state index is 8.65. The zero-order chi connectivity index (χ0) is 14.4. The Kier molecular flexibility index (Phi) is 5.25. The molecule has 2 aromatic rings. The molecule has 3 nitrogen and oxygen atoms in total. The largest absolute Gasteiger partial charge is 0.487 e. The molecule has 1 aromatic heterocycles. The van der Waals surface area contributed by atoms with E-state index >= 15 is 0 Å². The van der Waals surface area contributed by atoms with Gasteiger partial charge < -0.3 is 9.84 Å². The van der Waals surface area contributed by atoms with Crippen LogP contribution in [0.15, 0.2) is 36.7 Å². The Labute approximate surface area is 127 Å². The van der Waals surface area contributed by atoms with Crippen LogP contribution in [0.25, 0.3) is 0 Å². The fourth-order valence-corrected chi connectivity index (χ4v) is 1.97. The number of aliphatic hydroxyl groups excluding tert-OH is 1. The van der Waals surface area contributed by atoms with Crippen molar-refractivity contribution in [1.29, 1.82) is 0 Å². The van der Waals surface area contributed by atoms with Crippen molar-refractivity contribution in [3.63, 3.8) is 0 Å². The lowest BCUT2D eigenvalue weighted by atomic mass is 10.2. The standard InChI is InChI=1S/C15H11Cl2NO2/c16-13-4-3-12(15(17)7-13)10-20-14-6-11(2-1-5-19)8-18-9-14/h3-4,6-9,19H,5,10H2. The molecule has 1 aromatic carbocycles. The van der Waals surface area contributed by atoms with Crippen molar-refractivity contribution < 1.29 is 9.84 Å². The number of rotatable bonds is 3. The summed E-state index contributed by atoms with van der Waals surface area (Å²) in [4.78, 5) is 4.02. The van der Waals surface area contributed by atoms with Crippen LogP contribution >= 0.6 is 23.2 Å². The molecule has 5 heteroatoms. The summed E-state index contributed by atoms with van der Waals surface area (Å²) in [6.45, 7) is 0.125. The number of halogens is 2. The SMILES string of the molecule is OCC#Cc1cncc(OCc2ccc(Cl)cc2Cl)c1. The van der Waals surface area contributed by atoms with Crippen molar-refractivity contribution in [2.75, 3.05) is 6.61 Å². The molecule has 0 saturated carbocycles. The van der Waals surface area contributed by atoms with Crippen molar-refractivity contribution in [1.82, 2.24) is 4.98 Å². The van der Waals surface area contributed by atoms with Gasteiger partial charge in [0.1, 0.15) is 19.0 Å². The van der Waals surface area contributed by atoms with Gasteiger partial charge in [-0.15, -0.1) is 0 Å². The van der Waals surface area contributed by atoms with Crippen molar-refractivity contribution in [2.45, 2.75) is 6.61 Å². The Hall–Kier alpha value is -1.73. The number of aliphatic hydroxyl groups is 1. The summed E-state index contributed by atoms with van der Waals surface area (Å²) in [5, 5.41) is 9.79. The molecule has 0 saturated heterocycles. The van der Waals surface area contributed by atoms with Gasteiger partial charge in [0.2, 0.25) is 0 Å². The third-order valence-corrected chi connectivity index (χ3v) is 3.02. The molecule has 0 radical (unpaired) electrons. The monoisotopic (exact) mass is 307 g/mol. The van der Waals surface area contributed by atoms with Crippen molar-refractivity contribution in [3.05, 3.63) is 57.8 Å². The molecule has 1 heterocycles. The summed E-state index contributed by atoms with van der Waals surface area (Å²) in [5.74, 6) is 5.90. The van der Waals surface area contributed by atoms with E-state index in [-0.39, 0.29) is 6.61 Å². The van der Waals surface area contributed by atoms with Crippen LogP contribution < -0.4 is 4.74 Å². The van der Waals surface area contributed by atoms with Gasteiger partial charge in [-0.25, -0.2) is 0 Å². The van der Waals surface area contributed by atoms with Crippen molar-refractivity contribution in [2.24, 2.45) is 0 Å². The normalized spacial score (nSPS) is 9.75. The van der Waals surface area contributed by atoms with E-state index < -0.39 is 0 Å². The molecule has 0 unspecified atom stereocenters. The fourth-order valence-electron chi connectivity index (χ4n) is 1.51. The summed E-state index contributed by atoms with van der Waals surface area (Å²) in [7, 11) is 0. The van der Waals surface area contributed by atoms with Gasteiger partial charge in [0.05, 0.1) is 6.20 Å². The number of hydrogen-bond donors (Lipinski definition) is 1. The smallest absolute Gasteiger partial charge is 0.139 e. The Bertz CT molecular complexity index is 662. The third kappa shape index (κ3) is 4.14. The number of benzene rings is 1. The first-order chi connectivity index (χ1) is 9.69. The van der Waals surface area contributed by atoms with Crippen LogP contribution in [0.1, 0.15) is 11.1 Å². The average Bonchev–Trinajstić information content (AvgIpc) is 2.45. The highest BCUT2D eigenvalue weighted by Crippen LogP contribution is 2.22. The molecule has 0 amide bonds. The first kappa shape index (κ1) is 14.7. The summed E-state index contributed by atoms with van der Waals surface area (Å²) in [6, 6.07) is 6.99. The van der Waals surface area contributed by atoms with Gasteiger partial charge in [0.15, 0.2) is 0 Å². The summed E-state index contributed by atoms with van der Waals surface area (Å²) >= 11 is 11.9. The zero-order valence-corrected chi connectivity index (χ0v) is 11.9. The van der Waals surface area contributed by atoms with Crippen LogP contribution in [0.5, 0.6) is 5.75 Å². The molecule has 0 aliphatic carbocycles. The minimum atomic E-state index is -0.189. The second kappa shape index (κ2) is 7.16. The van der Waals surface area contributed by atoms with Crippen LogP contribution in [0, 0.1) is 11.8 Å². The second-order valence-corrected chi connectivity index (χ2v) is 4.74. The predicted octanol–water partition coefficient (Wildman–Crippen LogP) is 3.31. The van der Waals surface area contributed by atoms with Crippen LogP contribution in [0.4, 0.5) is 0 Å². The molecule has 0 fully saturated rings. The van der Waals surface area contributed by atoms with Gasteiger partial charge in [-0.3, -0.25) is 4.98 Å². The van der Waals surface area contributed by atoms with Gasteiger partial charge in [0.25, 0.3) is 0 Å². The molecule has 0 atom stereocenters. The molecular weight excluding hydrogens is 297 g/mol. The fraction of sp³-hybridized carbons (Fsp3) is 0.133. The van der Waals surface area contributed by atoms with Crippen molar-refractivity contribution in [3.8, 4) is 17.6 Å². The Balaban J connectivity index is 2.07. The third-order valence-electron chi connectivity index (χ3n) is 2.43. The molecule has 0 spiro atoms. The van der Waals surface area contributed by atoms with Gasteiger partial charge in [-0.1, -0.05) is 41.1 Å². The number of aromatic nitrogens is 1. The Morgan fingerprint density at radius 3 is 2.80 bits per heavy atom. The highest BCUT2D eigenvalue weighted by atomic mass is 35.5. The molecule has 2 rings (SSSR count). The molecule has 20 heavy (non-hydrogen) atoms. The highest BCUT2D eigenvalue weighted by molar-refractivity contribution is 6.35. The lowest BCUT2D eigenvalue weighted by Gasteiger charge is -2.08. The van der Waals surface area contributed by atoms with Crippen LogP contribution in [-0.2, 0) is 6.61 Å². The van der Waals surface area contributed by atoms with E-state index in [1.54, 1.807) is 30.6 Å². The van der Waals surface area contributed by atoms with E-state index in [9.17, 15) is 0 Å². The van der Waals surface area contributed by atoms with Gasteiger partial charge >= 0.3 is 0 Å². The highest BCUT2D eigenvalue weighted by Gasteiger charge is 2.03. The van der Waals surface area contributed by atoms with Gasteiger partial charge in [-0.05, 0) is 18.2 Å². The van der Waals surface area contributed by atoms with Crippen LogP contribution in [0.2, 0.25) is 10.0 Å². The minimum Gasteiger partial charge on any atom is -0.487 e. The molecule has 0 aliphatic heterocycles. The van der Waals surface area contributed by atoms with Gasteiger partial charge in [0, 0.05) is 27.4 Å². The maximum atomic E-state index is 8.65. The van der Waals surface area contributed by atoms with E-state index in [1.807, 2.05) is 6.07 Å². The van der Waals surface area contributed by atoms with E-state index in [0.717, 1.165) is 5.56 Å². The Morgan fingerprint density at radius 2 is 2.05 bits per heavy atom. The number of nitrogens with zero attached hydrogens (tertiary/aromatic N) is 1. The maximum Gasteiger partial charge on any atom is 0.139 e. The summed E-state index contributed by atoms with van der Waals surface area (Å²) in [6.07, 6.45) is 3.19. The number of ether oxygens (including phenoxy) is 1. The first-order valence-electron chi connectivity index (χ1n) is 5.80. The van der Waals surface area contributed by atoms with E-state index in [4.69, 9.17) is 33.0 Å². The number of hydrogen-bond acceptors (Lipinski definition) is 3. The minimum absolute atomic E-state index is 0.189. The van der Waals surface area contributed by atoms with Crippen LogP contribution in [-0.4, -0.2) is 16.7 Å². The Morgan fingerprint density at radius 1 is 1.20 bits per heavy atom. The first-order valence-corrected chi connectivity index (χ1v) is 6.56. The second-order valence-electron chi connectivity index (χ2n) is 3.89. The predicted molar refractivity (Wildman–Crippen MR) is 79.0 cm³/mol. The topological polar surface area (TPSA) is 42.4 Å². The lowest BCUT2D eigenvalue weighted by molar-refractivity contribution is 0.305.